The molecule has 0 heterocycles. The van der Waals surface area contributed by atoms with Crippen molar-refractivity contribution in [3.63, 3.8) is 0 Å². The SMILES string of the molecule is COc1cc(/C=C(\C#N)C(=O)Nc2ccc(C)cc2)cc(Br)c1Cc1cccc(F)c1. The number of aryl methyl sites for hydroxylation is 1. The molecule has 0 saturated heterocycles. The number of nitriles is 1. The molecule has 3 aromatic rings. The maximum Gasteiger partial charge on any atom is 0.266 e. The fourth-order valence-electron chi connectivity index (χ4n) is 3.07. The molecule has 3 aromatic carbocycles. The van der Waals surface area contributed by atoms with Crippen LogP contribution in [-0.2, 0) is 11.2 Å². The predicted molar refractivity (Wildman–Crippen MR) is 123 cm³/mol. The zero-order valence-electron chi connectivity index (χ0n) is 17.1. The van der Waals surface area contributed by atoms with E-state index in [2.05, 4.69) is 21.2 Å². The van der Waals surface area contributed by atoms with E-state index in [-0.39, 0.29) is 11.4 Å². The third kappa shape index (κ3) is 5.80. The van der Waals surface area contributed by atoms with Gasteiger partial charge in [-0.2, -0.15) is 5.26 Å². The molecule has 0 aliphatic heterocycles. The Morgan fingerprint density at radius 3 is 2.58 bits per heavy atom. The van der Waals surface area contributed by atoms with Crippen molar-refractivity contribution < 1.29 is 13.9 Å². The van der Waals surface area contributed by atoms with Crippen molar-refractivity contribution in [3.05, 3.63) is 98.8 Å². The van der Waals surface area contributed by atoms with Crippen molar-refractivity contribution >= 4 is 33.6 Å². The Morgan fingerprint density at radius 1 is 1.19 bits per heavy atom. The van der Waals surface area contributed by atoms with Crippen molar-refractivity contribution in [1.29, 1.82) is 5.26 Å². The van der Waals surface area contributed by atoms with Crippen molar-refractivity contribution in [2.45, 2.75) is 13.3 Å². The lowest BCUT2D eigenvalue weighted by Crippen LogP contribution is -2.13. The average molecular weight is 479 g/mol. The van der Waals surface area contributed by atoms with Crippen LogP contribution in [0.1, 0.15) is 22.3 Å². The van der Waals surface area contributed by atoms with Crippen LogP contribution in [0, 0.1) is 24.1 Å². The minimum atomic E-state index is -0.495. The molecule has 156 valence electrons. The van der Waals surface area contributed by atoms with Gasteiger partial charge < -0.3 is 10.1 Å². The van der Waals surface area contributed by atoms with E-state index >= 15 is 0 Å². The highest BCUT2D eigenvalue weighted by molar-refractivity contribution is 9.10. The van der Waals surface area contributed by atoms with Crippen LogP contribution in [0.4, 0.5) is 10.1 Å². The molecule has 1 N–H and O–H groups in total. The lowest BCUT2D eigenvalue weighted by molar-refractivity contribution is -0.112. The van der Waals surface area contributed by atoms with Gasteiger partial charge in [0.05, 0.1) is 7.11 Å². The van der Waals surface area contributed by atoms with E-state index in [1.165, 1.54) is 18.2 Å². The lowest BCUT2D eigenvalue weighted by atomic mass is 10.0. The Balaban J connectivity index is 1.88. The molecule has 0 spiro atoms. The molecule has 4 nitrogen and oxygen atoms in total. The summed E-state index contributed by atoms with van der Waals surface area (Å²) in [7, 11) is 1.54. The van der Waals surface area contributed by atoms with Gasteiger partial charge in [-0.05, 0) is 60.5 Å². The van der Waals surface area contributed by atoms with E-state index in [4.69, 9.17) is 4.74 Å². The Kier molecular flexibility index (Phi) is 7.22. The molecule has 0 aromatic heterocycles. The zero-order chi connectivity index (χ0) is 22.4. The minimum absolute atomic E-state index is 0.0348. The molecule has 0 atom stereocenters. The van der Waals surface area contributed by atoms with Gasteiger partial charge in [-0.1, -0.05) is 45.8 Å². The van der Waals surface area contributed by atoms with Crippen LogP contribution in [0.2, 0.25) is 0 Å². The Hall–Kier alpha value is -3.43. The van der Waals surface area contributed by atoms with Gasteiger partial charge in [0.1, 0.15) is 23.2 Å². The van der Waals surface area contributed by atoms with Crippen molar-refractivity contribution in [1.82, 2.24) is 0 Å². The molecular weight excluding hydrogens is 459 g/mol. The first-order chi connectivity index (χ1) is 14.9. The summed E-state index contributed by atoms with van der Waals surface area (Å²) in [6.45, 7) is 1.95. The van der Waals surface area contributed by atoms with Crippen molar-refractivity contribution in [2.24, 2.45) is 0 Å². The monoisotopic (exact) mass is 478 g/mol. The van der Waals surface area contributed by atoms with Crippen LogP contribution < -0.4 is 10.1 Å². The van der Waals surface area contributed by atoms with Crippen LogP contribution in [0.3, 0.4) is 0 Å². The molecule has 1 amide bonds. The number of carbonyl (C=O) groups excluding carboxylic acids is 1. The molecule has 0 saturated carbocycles. The van der Waals surface area contributed by atoms with Gasteiger partial charge in [0.25, 0.3) is 5.91 Å². The number of amides is 1. The van der Waals surface area contributed by atoms with E-state index < -0.39 is 5.91 Å². The Morgan fingerprint density at radius 2 is 1.94 bits per heavy atom. The van der Waals surface area contributed by atoms with Crippen molar-refractivity contribution in [3.8, 4) is 11.8 Å². The highest BCUT2D eigenvalue weighted by Crippen LogP contribution is 2.32. The minimum Gasteiger partial charge on any atom is -0.496 e. The number of ether oxygens (including phenoxy) is 1. The Bertz CT molecular complexity index is 1180. The fraction of sp³-hybridized carbons (Fsp3) is 0.120. The maximum absolute atomic E-state index is 13.5. The topological polar surface area (TPSA) is 62.1 Å². The van der Waals surface area contributed by atoms with Crippen LogP contribution in [0.25, 0.3) is 6.08 Å². The molecule has 31 heavy (non-hydrogen) atoms. The molecule has 0 unspecified atom stereocenters. The highest BCUT2D eigenvalue weighted by atomic mass is 79.9. The first-order valence-electron chi connectivity index (χ1n) is 9.50. The predicted octanol–water partition coefficient (Wildman–Crippen LogP) is 6.04. The molecule has 0 aliphatic carbocycles. The first-order valence-corrected chi connectivity index (χ1v) is 10.3. The number of benzene rings is 3. The Labute approximate surface area is 189 Å². The maximum atomic E-state index is 13.5. The lowest BCUT2D eigenvalue weighted by Gasteiger charge is -2.13. The van der Waals surface area contributed by atoms with Gasteiger partial charge in [-0.15, -0.1) is 0 Å². The van der Waals surface area contributed by atoms with E-state index in [0.717, 1.165) is 21.2 Å². The number of halogens is 2. The number of hydrogen-bond acceptors (Lipinski definition) is 3. The summed E-state index contributed by atoms with van der Waals surface area (Å²) < 4.78 is 19.8. The number of anilines is 1. The summed E-state index contributed by atoms with van der Waals surface area (Å²) in [5, 5.41) is 12.2. The summed E-state index contributed by atoms with van der Waals surface area (Å²) in [4.78, 5) is 12.5. The van der Waals surface area contributed by atoms with Crippen LogP contribution in [0.15, 0.2) is 70.7 Å². The van der Waals surface area contributed by atoms with E-state index in [1.807, 2.05) is 31.2 Å². The summed E-state index contributed by atoms with van der Waals surface area (Å²) >= 11 is 3.54. The van der Waals surface area contributed by atoms with Gasteiger partial charge in [0.15, 0.2) is 0 Å². The summed E-state index contributed by atoms with van der Waals surface area (Å²) in [6.07, 6.45) is 1.97. The number of rotatable bonds is 6. The molecule has 0 fully saturated rings. The number of hydrogen-bond donors (Lipinski definition) is 1. The van der Waals surface area contributed by atoms with Gasteiger partial charge in [-0.25, -0.2) is 4.39 Å². The number of nitrogens with zero attached hydrogens (tertiary/aromatic N) is 1. The third-order valence-electron chi connectivity index (χ3n) is 4.65. The van der Waals surface area contributed by atoms with Gasteiger partial charge >= 0.3 is 0 Å². The number of carbonyl (C=O) groups is 1. The third-order valence-corrected chi connectivity index (χ3v) is 5.36. The highest BCUT2D eigenvalue weighted by Gasteiger charge is 2.14. The molecule has 0 aliphatic rings. The van der Waals surface area contributed by atoms with Crippen LogP contribution in [0.5, 0.6) is 5.75 Å². The van der Waals surface area contributed by atoms with Gasteiger partial charge in [-0.3, -0.25) is 4.79 Å². The van der Waals surface area contributed by atoms with E-state index in [1.54, 1.807) is 37.4 Å². The van der Waals surface area contributed by atoms with Crippen molar-refractivity contribution in [2.75, 3.05) is 12.4 Å². The largest absolute Gasteiger partial charge is 0.496 e. The molecular formula is C25H20BrFN2O2. The quantitative estimate of drug-likeness (QED) is 0.346. The molecule has 6 heteroatoms. The van der Waals surface area contributed by atoms with Gasteiger partial charge in [0, 0.05) is 22.1 Å². The smallest absolute Gasteiger partial charge is 0.266 e. The number of nitrogens with one attached hydrogen (secondary N) is 1. The standard InChI is InChI=1S/C25H20BrFN2O2/c1-16-6-8-21(9-7-16)29-25(30)19(15-28)10-18-13-23(26)22(24(14-18)31-2)12-17-4-3-5-20(27)11-17/h3-11,13-14H,12H2,1-2H3,(H,29,30)/b19-10+. The number of methoxy groups -OCH3 is 1. The van der Waals surface area contributed by atoms with Crippen LogP contribution in [-0.4, -0.2) is 13.0 Å². The van der Waals surface area contributed by atoms with E-state index in [0.29, 0.717) is 23.4 Å². The normalized spacial score (nSPS) is 11.0. The molecule has 0 radical (unpaired) electrons. The fourth-order valence-corrected chi connectivity index (χ4v) is 3.67. The second-order valence-corrected chi connectivity index (χ2v) is 7.83. The van der Waals surface area contributed by atoms with Crippen LogP contribution >= 0.6 is 15.9 Å². The second-order valence-electron chi connectivity index (χ2n) is 6.98. The zero-order valence-corrected chi connectivity index (χ0v) is 18.7. The van der Waals surface area contributed by atoms with Gasteiger partial charge in [0.2, 0.25) is 0 Å². The summed E-state index contributed by atoms with van der Waals surface area (Å²) in [5.41, 5.74) is 3.92. The molecule has 3 rings (SSSR count). The summed E-state index contributed by atoms with van der Waals surface area (Å²) in [5.74, 6) is -0.225. The average Bonchev–Trinajstić information content (AvgIpc) is 2.75. The van der Waals surface area contributed by atoms with E-state index in [9.17, 15) is 14.4 Å². The molecule has 0 bridgehead atoms. The summed E-state index contributed by atoms with van der Waals surface area (Å²) in [6, 6.07) is 19.2. The second kappa shape index (κ2) is 10.1. The first kappa shape index (κ1) is 22.3.